The van der Waals surface area contributed by atoms with Crippen molar-refractivity contribution in [2.24, 2.45) is 7.05 Å². The first-order chi connectivity index (χ1) is 15.6. The van der Waals surface area contributed by atoms with Crippen LogP contribution in [-0.2, 0) is 13.2 Å². The maximum atomic E-state index is 13.0. The van der Waals surface area contributed by atoms with Gasteiger partial charge in [0.25, 0.3) is 0 Å². The van der Waals surface area contributed by atoms with Gasteiger partial charge in [0.15, 0.2) is 5.75 Å². The molecule has 1 aromatic heterocycles. The molecule has 0 fully saturated rings. The molecule has 7 nitrogen and oxygen atoms in total. The standard InChI is InChI=1S/C22H16ClF3N4O3/c1-30-19-17(29-21(30)32)3-2-4-18(19)33-14-8-5-12(6-9-14)27-20(31)28-13-7-10-16(23)15(11-13)22(24,25)26/h2-11H,1H3,(H,29,32)(H2,27,28,31). The second-order valence-corrected chi connectivity index (χ2v) is 7.45. The molecule has 4 aromatic rings. The van der Waals surface area contributed by atoms with Crippen LogP contribution in [-0.4, -0.2) is 15.6 Å². The molecule has 0 aliphatic heterocycles. The van der Waals surface area contributed by atoms with Gasteiger partial charge in [0, 0.05) is 18.4 Å². The minimum Gasteiger partial charge on any atom is -0.455 e. The predicted octanol–water partition coefficient (Wildman–Crippen LogP) is 5.98. The number of aromatic amines is 1. The van der Waals surface area contributed by atoms with E-state index >= 15 is 0 Å². The largest absolute Gasteiger partial charge is 0.455 e. The van der Waals surface area contributed by atoms with Gasteiger partial charge in [-0.25, -0.2) is 9.59 Å². The number of carbonyl (C=O) groups is 1. The Balaban J connectivity index is 1.44. The van der Waals surface area contributed by atoms with Crippen molar-refractivity contribution in [1.29, 1.82) is 0 Å². The molecule has 0 atom stereocenters. The second kappa shape index (κ2) is 8.55. The Morgan fingerprint density at radius 2 is 1.70 bits per heavy atom. The summed E-state index contributed by atoms with van der Waals surface area (Å²) in [6.45, 7) is 0. The summed E-state index contributed by atoms with van der Waals surface area (Å²) < 4.78 is 46.2. The quantitative estimate of drug-likeness (QED) is 0.339. The predicted molar refractivity (Wildman–Crippen MR) is 119 cm³/mol. The lowest BCUT2D eigenvalue weighted by atomic mass is 10.2. The van der Waals surface area contributed by atoms with Gasteiger partial charge < -0.3 is 20.4 Å². The average molecular weight is 477 g/mol. The van der Waals surface area contributed by atoms with Crippen molar-refractivity contribution in [2.75, 3.05) is 10.6 Å². The molecule has 0 unspecified atom stereocenters. The van der Waals surface area contributed by atoms with Crippen molar-refractivity contribution in [3.8, 4) is 11.5 Å². The molecule has 0 bridgehead atoms. The third-order valence-corrected chi connectivity index (χ3v) is 5.08. The number of aryl methyl sites for hydroxylation is 1. The molecule has 0 spiro atoms. The van der Waals surface area contributed by atoms with Gasteiger partial charge >= 0.3 is 17.9 Å². The number of anilines is 2. The molecular weight excluding hydrogens is 461 g/mol. The Hall–Kier alpha value is -3.92. The van der Waals surface area contributed by atoms with Gasteiger partial charge in [0.2, 0.25) is 0 Å². The number of nitrogens with zero attached hydrogens (tertiary/aromatic N) is 1. The molecule has 1 heterocycles. The summed E-state index contributed by atoms with van der Waals surface area (Å²) in [5.74, 6) is 0.921. The normalized spacial score (nSPS) is 11.4. The van der Waals surface area contributed by atoms with Gasteiger partial charge in [0.05, 0.1) is 16.1 Å². The first-order valence-electron chi connectivity index (χ1n) is 9.52. The molecule has 3 N–H and O–H groups in total. The molecule has 0 radical (unpaired) electrons. The number of carbonyl (C=O) groups excluding carboxylic acids is 1. The Morgan fingerprint density at radius 1 is 1.03 bits per heavy atom. The third-order valence-electron chi connectivity index (χ3n) is 4.75. The van der Waals surface area contributed by atoms with Crippen LogP contribution in [0.25, 0.3) is 11.0 Å². The fraction of sp³-hybridized carbons (Fsp3) is 0.0909. The van der Waals surface area contributed by atoms with E-state index in [1.54, 1.807) is 49.5 Å². The lowest BCUT2D eigenvalue weighted by molar-refractivity contribution is -0.137. The number of urea groups is 1. The number of fused-ring (bicyclic) bond motifs is 1. The summed E-state index contributed by atoms with van der Waals surface area (Å²) in [4.78, 5) is 26.8. The Morgan fingerprint density at radius 3 is 2.39 bits per heavy atom. The first kappa shape index (κ1) is 22.3. The fourth-order valence-corrected chi connectivity index (χ4v) is 3.42. The van der Waals surface area contributed by atoms with Crippen molar-refractivity contribution in [2.45, 2.75) is 6.18 Å². The van der Waals surface area contributed by atoms with Crippen LogP contribution in [0.15, 0.2) is 65.5 Å². The highest BCUT2D eigenvalue weighted by Gasteiger charge is 2.33. The molecule has 0 aliphatic rings. The Bertz CT molecular complexity index is 1400. The number of nitrogens with one attached hydrogen (secondary N) is 3. The van der Waals surface area contributed by atoms with E-state index in [0.717, 1.165) is 12.1 Å². The van der Waals surface area contributed by atoms with Crippen LogP contribution in [0.4, 0.5) is 29.3 Å². The number of amides is 2. The minimum absolute atomic E-state index is 0.0608. The Labute approximate surface area is 189 Å². The number of benzene rings is 3. The SMILES string of the molecule is Cn1c(=O)[nH]c2cccc(Oc3ccc(NC(=O)Nc4ccc(Cl)c(C(F)(F)F)c4)cc3)c21. The second-order valence-electron chi connectivity index (χ2n) is 7.04. The summed E-state index contributed by atoms with van der Waals surface area (Å²) in [7, 11) is 1.62. The van der Waals surface area contributed by atoms with E-state index in [1.165, 1.54) is 10.6 Å². The zero-order valence-corrected chi connectivity index (χ0v) is 17.7. The van der Waals surface area contributed by atoms with Crippen LogP contribution in [0, 0.1) is 0 Å². The molecule has 4 rings (SSSR count). The van der Waals surface area contributed by atoms with Crippen molar-refractivity contribution < 1.29 is 22.7 Å². The summed E-state index contributed by atoms with van der Waals surface area (Å²) in [5.41, 5.74) is 0.246. The summed E-state index contributed by atoms with van der Waals surface area (Å²) in [6, 6.07) is 13.9. The highest BCUT2D eigenvalue weighted by molar-refractivity contribution is 6.31. The highest BCUT2D eigenvalue weighted by Crippen LogP contribution is 2.36. The number of ether oxygens (including phenoxy) is 1. The maximum Gasteiger partial charge on any atom is 0.417 e. The maximum absolute atomic E-state index is 13.0. The number of hydrogen-bond donors (Lipinski definition) is 3. The van der Waals surface area contributed by atoms with Gasteiger partial charge in [-0.15, -0.1) is 0 Å². The summed E-state index contributed by atoms with van der Waals surface area (Å²) in [5, 5.41) is 4.40. The lowest BCUT2D eigenvalue weighted by Gasteiger charge is -2.13. The molecule has 33 heavy (non-hydrogen) atoms. The van der Waals surface area contributed by atoms with E-state index < -0.39 is 22.8 Å². The number of alkyl halides is 3. The number of imidazole rings is 1. The zero-order valence-electron chi connectivity index (χ0n) is 17.0. The topological polar surface area (TPSA) is 88.2 Å². The number of halogens is 4. The number of aromatic nitrogens is 2. The monoisotopic (exact) mass is 476 g/mol. The van der Waals surface area contributed by atoms with Gasteiger partial charge in [0.1, 0.15) is 11.3 Å². The number of rotatable bonds is 4. The average Bonchev–Trinajstić information content (AvgIpc) is 3.04. The first-order valence-corrected chi connectivity index (χ1v) is 9.90. The van der Waals surface area contributed by atoms with Crippen LogP contribution < -0.4 is 21.1 Å². The van der Waals surface area contributed by atoms with Crippen molar-refractivity contribution in [3.63, 3.8) is 0 Å². The number of H-pyrrole nitrogens is 1. The van der Waals surface area contributed by atoms with Gasteiger partial charge in [-0.1, -0.05) is 17.7 Å². The van der Waals surface area contributed by atoms with Crippen molar-refractivity contribution in [3.05, 3.63) is 81.7 Å². The Kier molecular flexibility index (Phi) is 5.77. The van der Waals surface area contributed by atoms with E-state index in [9.17, 15) is 22.8 Å². The summed E-state index contributed by atoms with van der Waals surface area (Å²) >= 11 is 5.58. The van der Waals surface area contributed by atoms with Gasteiger partial charge in [-0.2, -0.15) is 13.2 Å². The molecule has 0 saturated carbocycles. The van der Waals surface area contributed by atoms with Crippen LogP contribution >= 0.6 is 11.6 Å². The van der Waals surface area contributed by atoms with Gasteiger partial charge in [-0.3, -0.25) is 4.57 Å². The van der Waals surface area contributed by atoms with E-state index in [4.69, 9.17) is 16.3 Å². The van der Waals surface area contributed by atoms with E-state index in [-0.39, 0.29) is 11.4 Å². The van der Waals surface area contributed by atoms with Crippen molar-refractivity contribution in [1.82, 2.24) is 9.55 Å². The zero-order chi connectivity index (χ0) is 23.8. The van der Waals surface area contributed by atoms with E-state index in [1.807, 2.05) is 0 Å². The van der Waals surface area contributed by atoms with Crippen LogP contribution in [0.5, 0.6) is 11.5 Å². The fourth-order valence-electron chi connectivity index (χ4n) is 3.20. The molecule has 0 saturated heterocycles. The van der Waals surface area contributed by atoms with Crippen LogP contribution in [0.1, 0.15) is 5.56 Å². The van der Waals surface area contributed by atoms with Crippen LogP contribution in [0.2, 0.25) is 5.02 Å². The number of para-hydroxylation sites is 1. The summed E-state index contributed by atoms with van der Waals surface area (Å²) in [6.07, 6.45) is -4.64. The van der Waals surface area contributed by atoms with Crippen molar-refractivity contribution >= 4 is 40.0 Å². The lowest BCUT2D eigenvalue weighted by Crippen LogP contribution is -2.19. The minimum atomic E-state index is -4.64. The van der Waals surface area contributed by atoms with Crippen LogP contribution in [0.3, 0.4) is 0 Å². The van der Waals surface area contributed by atoms with Gasteiger partial charge in [-0.05, 0) is 54.6 Å². The highest BCUT2D eigenvalue weighted by atomic mass is 35.5. The molecule has 11 heteroatoms. The number of hydrogen-bond acceptors (Lipinski definition) is 3. The molecule has 170 valence electrons. The molecule has 2 amide bonds. The van der Waals surface area contributed by atoms with E-state index in [0.29, 0.717) is 28.2 Å². The molecular formula is C22H16ClF3N4O3. The molecule has 0 aliphatic carbocycles. The smallest absolute Gasteiger partial charge is 0.417 e. The third kappa shape index (κ3) is 4.80. The van der Waals surface area contributed by atoms with E-state index in [2.05, 4.69) is 15.6 Å². The molecule has 3 aromatic carbocycles.